The van der Waals surface area contributed by atoms with Gasteiger partial charge in [-0.1, -0.05) is 18.2 Å². The van der Waals surface area contributed by atoms with E-state index in [1.54, 1.807) is 0 Å². The molecular weight excluding hydrogens is 214 g/mol. The number of nitrogens with one attached hydrogen (secondary N) is 1. The normalized spacial score (nSPS) is 11.2. The molecule has 0 unspecified atom stereocenters. The Hall–Kier alpha value is -1.88. The zero-order valence-corrected chi connectivity index (χ0v) is 8.26. The summed E-state index contributed by atoms with van der Waals surface area (Å²) in [5.74, 6) is -0.712. The van der Waals surface area contributed by atoms with Gasteiger partial charge in [0.2, 0.25) is 0 Å². The number of hydrogen-bond acceptors (Lipinski definition) is 4. The van der Waals surface area contributed by atoms with Crippen LogP contribution in [0.25, 0.3) is 20.3 Å². The summed E-state index contributed by atoms with van der Waals surface area (Å²) in [4.78, 5) is 25.0. The molecule has 0 radical (unpaired) electrons. The number of H-pyrrole nitrogens is 1. The lowest BCUT2D eigenvalue weighted by Gasteiger charge is -1.88. The van der Waals surface area contributed by atoms with Gasteiger partial charge in [-0.15, -0.1) is 11.3 Å². The smallest absolute Gasteiger partial charge is 0.372 e. The molecule has 3 rings (SSSR count). The number of fused-ring (bicyclic) bond motifs is 3. The van der Waals surface area contributed by atoms with E-state index >= 15 is 0 Å². The maximum atomic E-state index is 11.4. The Morgan fingerprint density at radius 1 is 1.20 bits per heavy atom. The highest BCUT2D eigenvalue weighted by Gasteiger charge is 2.09. The maximum absolute atomic E-state index is 11.4. The fourth-order valence-corrected chi connectivity index (χ4v) is 2.61. The van der Waals surface area contributed by atoms with Gasteiger partial charge in [-0.2, -0.15) is 0 Å². The second-order valence-corrected chi connectivity index (χ2v) is 4.16. The van der Waals surface area contributed by atoms with Crippen molar-refractivity contribution < 1.29 is 4.42 Å². The first-order chi connectivity index (χ1) is 7.25. The molecule has 2 heterocycles. The molecule has 0 fully saturated rings. The summed E-state index contributed by atoms with van der Waals surface area (Å²) in [7, 11) is 0. The number of hydrogen-bond donors (Lipinski definition) is 1. The summed E-state index contributed by atoms with van der Waals surface area (Å²) in [6, 6.07) is 7.51. The number of thiophene rings is 1. The van der Waals surface area contributed by atoms with E-state index in [-0.39, 0.29) is 0 Å². The third-order valence-electron chi connectivity index (χ3n) is 2.19. The topological polar surface area (TPSA) is 63.1 Å². The van der Waals surface area contributed by atoms with Gasteiger partial charge >= 0.3 is 11.4 Å². The van der Waals surface area contributed by atoms with Gasteiger partial charge in [0.25, 0.3) is 0 Å². The number of rotatable bonds is 0. The van der Waals surface area contributed by atoms with Crippen LogP contribution in [0, 0.1) is 0 Å². The lowest BCUT2D eigenvalue weighted by Crippen LogP contribution is -2.12. The van der Waals surface area contributed by atoms with Crippen LogP contribution in [-0.2, 0) is 0 Å². The molecular formula is C10H5NO3S. The predicted molar refractivity (Wildman–Crippen MR) is 58.5 cm³/mol. The zero-order valence-electron chi connectivity index (χ0n) is 7.44. The fourth-order valence-electron chi connectivity index (χ4n) is 1.57. The van der Waals surface area contributed by atoms with Crippen molar-refractivity contribution in [2.45, 2.75) is 0 Å². The van der Waals surface area contributed by atoms with E-state index in [9.17, 15) is 9.59 Å². The van der Waals surface area contributed by atoms with E-state index in [0.29, 0.717) is 10.2 Å². The summed E-state index contributed by atoms with van der Waals surface area (Å²) in [5.41, 5.74) is -0.00759. The van der Waals surface area contributed by atoms with E-state index in [1.807, 2.05) is 24.3 Å². The van der Waals surface area contributed by atoms with E-state index in [1.165, 1.54) is 11.3 Å². The molecule has 0 saturated heterocycles. The number of aromatic nitrogens is 1. The monoisotopic (exact) mass is 219 g/mol. The quantitative estimate of drug-likeness (QED) is 0.625. The molecule has 0 spiro atoms. The van der Waals surface area contributed by atoms with E-state index in [0.717, 1.165) is 10.1 Å². The maximum Gasteiger partial charge on any atom is 0.419 e. The average molecular weight is 219 g/mol. The third kappa shape index (κ3) is 1.13. The first-order valence-corrected chi connectivity index (χ1v) is 5.12. The van der Waals surface area contributed by atoms with Crippen LogP contribution in [0.3, 0.4) is 0 Å². The minimum Gasteiger partial charge on any atom is -0.372 e. The molecule has 0 aliphatic carbocycles. The second kappa shape index (κ2) is 2.80. The van der Waals surface area contributed by atoms with Crippen molar-refractivity contribution in [3.8, 4) is 0 Å². The molecule has 2 aromatic heterocycles. The van der Waals surface area contributed by atoms with Crippen molar-refractivity contribution in [2.24, 2.45) is 0 Å². The molecule has 1 aromatic carbocycles. The van der Waals surface area contributed by atoms with Gasteiger partial charge < -0.3 is 4.42 Å². The van der Waals surface area contributed by atoms with Crippen LogP contribution in [0.4, 0.5) is 0 Å². The Kier molecular flexibility index (Phi) is 1.58. The first kappa shape index (κ1) is 8.43. The van der Waals surface area contributed by atoms with Gasteiger partial charge in [0.1, 0.15) is 4.70 Å². The van der Waals surface area contributed by atoms with Gasteiger partial charge in [0.05, 0.1) is 5.52 Å². The molecule has 5 heteroatoms. The predicted octanol–water partition coefficient (Wildman–Crippen LogP) is 1.70. The summed E-state index contributed by atoms with van der Waals surface area (Å²) >= 11 is 1.32. The highest BCUT2D eigenvalue weighted by atomic mass is 32.1. The second-order valence-electron chi connectivity index (χ2n) is 3.10. The fraction of sp³-hybridized carbons (Fsp3) is 0. The molecule has 4 nitrogen and oxygen atoms in total. The van der Waals surface area contributed by atoms with E-state index in [2.05, 4.69) is 9.40 Å². The summed E-state index contributed by atoms with van der Waals surface area (Å²) in [6.45, 7) is 0. The van der Waals surface area contributed by atoms with Crippen LogP contribution in [0.5, 0.6) is 0 Å². The molecule has 0 saturated carbocycles. The van der Waals surface area contributed by atoms with Crippen LogP contribution in [0.15, 0.2) is 38.3 Å². The summed E-state index contributed by atoms with van der Waals surface area (Å²) < 4.78 is 5.88. The zero-order chi connectivity index (χ0) is 10.4. The Labute approximate surface area is 86.8 Å². The molecule has 3 aromatic rings. The molecule has 0 amide bonds. The van der Waals surface area contributed by atoms with Crippen molar-refractivity contribution >= 4 is 31.6 Å². The Bertz CT molecular complexity index is 765. The lowest BCUT2D eigenvalue weighted by molar-refractivity contribution is 0.461. The average Bonchev–Trinajstić information content (AvgIpc) is 2.57. The van der Waals surface area contributed by atoms with Crippen LogP contribution < -0.4 is 11.4 Å². The van der Waals surface area contributed by atoms with Crippen LogP contribution >= 0.6 is 11.3 Å². The molecule has 0 atom stereocenters. The summed E-state index contributed by atoms with van der Waals surface area (Å²) in [5, 5.41) is 0.877. The Balaban J connectivity index is 2.73. The summed E-state index contributed by atoms with van der Waals surface area (Å²) in [6.07, 6.45) is 0. The molecule has 1 N–H and O–H groups in total. The van der Waals surface area contributed by atoms with Gasteiger partial charge in [0, 0.05) is 10.1 Å². The molecule has 74 valence electrons. The van der Waals surface area contributed by atoms with E-state index in [4.69, 9.17) is 0 Å². The van der Waals surface area contributed by atoms with Crippen LogP contribution in [0.1, 0.15) is 0 Å². The molecule has 0 bridgehead atoms. The highest BCUT2D eigenvalue weighted by molar-refractivity contribution is 7.25. The Morgan fingerprint density at radius 2 is 2.00 bits per heavy atom. The SMILES string of the molecule is O=c1[nH]c2c(sc3ccccc32)c(=O)o1. The van der Waals surface area contributed by atoms with Crippen molar-refractivity contribution in [3.05, 3.63) is 45.2 Å². The van der Waals surface area contributed by atoms with Crippen molar-refractivity contribution in [3.63, 3.8) is 0 Å². The molecule has 0 aliphatic heterocycles. The van der Waals surface area contributed by atoms with Gasteiger partial charge in [-0.3, -0.25) is 4.98 Å². The van der Waals surface area contributed by atoms with Gasteiger partial charge in [0.15, 0.2) is 0 Å². The molecule has 0 aliphatic rings. The van der Waals surface area contributed by atoms with Crippen LogP contribution in [0.2, 0.25) is 0 Å². The number of aromatic amines is 1. The first-order valence-electron chi connectivity index (χ1n) is 4.30. The van der Waals surface area contributed by atoms with Gasteiger partial charge in [-0.05, 0) is 6.07 Å². The molecule has 15 heavy (non-hydrogen) atoms. The van der Waals surface area contributed by atoms with E-state index < -0.39 is 11.4 Å². The van der Waals surface area contributed by atoms with Crippen molar-refractivity contribution in [2.75, 3.05) is 0 Å². The van der Waals surface area contributed by atoms with Crippen molar-refractivity contribution in [1.82, 2.24) is 4.98 Å². The minimum absolute atomic E-state index is 0.454. The largest absolute Gasteiger partial charge is 0.419 e. The Morgan fingerprint density at radius 3 is 2.87 bits per heavy atom. The van der Waals surface area contributed by atoms with Crippen molar-refractivity contribution in [1.29, 1.82) is 0 Å². The highest BCUT2D eigenvalue weighted by Crippen LogP contribution is 2.28. The lowest BCUT2D eigenvalue weighted by atomic mass is 10.2. The third-order valence-corrected chi connectivity index (χ3v) is 3.34. The number of benzene rings is 1. The van der Waals surface area contributed by atoms with Crippen LogP contribution in [-0.4, -0.2) is 4.98 Å². The standard InChI is InChI=1S/C10H5NO3S/c12-9-8-7(11-10(13)14-9)5-3-1-2-4-6(5)15-8/h1-4H,(H,11,13). The minimum atomic E-state index is -0.712. The van der Waals surface area contributed by atoms with Gasteiger partial charge in [-0.25, -0.2) is 9.59 Å².